The van der Waals surface area contributed by atoms with Gasteiger partial charge in [0.1, 0.15) is 17.1 Å². The van der Waals surface area contributed by atoms with Gasteiger partial charge in [-0.3, -0.25) is 14.6 Å². The van der Waals surface area contributed by atoms with E-state index in [1.807, 2.05) is 25.1 Å². The van der Waals surface area contributed by atoms with Crippen molar-refractivity contribution < 1.29 is 19.1 Å². The van der Waals surface area contributed by atoms with Gasteiger partial charge < -0.3 is 14.8 Å². The minimum Gasteiger partial charge on any atom is -0.507 e. The van der Waals surface area contributed by atoms with Crippen LogP contribution in [-0.4, -0.2) is 23.0 Å². The first-order valence-corrected chi connectivity index (χ1v) is 10.8. The molecule has 0 aliphatic heterocycles. The summed E-state index contributed by atoms with van der Waals surface area (Å²) in [5.41, 5.74) is 2.40. The standard InChI is InChI=1S/C28H22N2O5/c1-17-7-11-20(12-8-17)25-15-24(32)26(28(34)35-25)27(33)21-13-9-19(10-14-21)16-29-22-5-3-4-6-23(22)30-18(2)31/h3-16,32H,1-2H3,(H,30,31). The molecule has 7 nitrogen and oxygen atoms in total. The maximum absolute atomic E-state index is 12.9. The summed E-state index contributed by atoms with van der Waals surface area (Å²) in [6, 6.07) is 22.0. The van der Waals surface area contributed by atoms with Crippen molar-refractivity contribution in [3.63, 3.8) is 0 Å². The summed E-state index contributed by atoms with van der Waals surface area (Å²) in [4.78, 5) is 41.2. The molecule has 0 fully saturated rings. The highest BCUT2D eigenvalue weighted by atomic mass is 16.4. The molecule has 0 bridgehead atoms. The molecule has 0 aliphatic carbocycles. The number of nitrogens with one attached hydrogen (secondary N) is 1. The van der Waals surface area contributed by atoms with Crippen LogP contribution in [0.5, 0.6) is 5.75 Å². The lowest BCUT2D eigenvalue weighted by molar-refractivity contribution is -0.114. The van der Waals surface area contributed by atoms with Gasteiger partial charge in [0.25, 0.3) is 0 Å². The van der Waals surface area contributed by atoms with E-state index < -0.39 is 22.7 Å². The summed E-state index contributed by atoms with van der Waals surface area (Å²) in [5, 5.41) is 13.2. The molecule has 4 rings (SSSR count). The van der Waals surface area contributed by atoms with Crippen molar-refractivity contribution >= 4 is 29.3 Å². The quantitative estimate of drug-likeness (QED) is 0.298. The highest BCUT2D eigenvalue weighted by Gasteiger charge is 2.21. The van der Waals surface area contributed by atoms with E-state index in [0.717, 1.165) is 5.56 Å². The summed E-state index contributed by atoms with van der Waals surface area (Å²) in [7, 11) is 0. The molecule has 3 aromatic carbocycles. The zero-order chi connectivity index (χ0) is 24.9. The van der Waals surface area contributed by atoms with Crippen LogP contribution < -0.4 is 10.9 Å². The van der Waals surface area contributed by atoms with E-state index in [1.165, 1.54) is 25.1 Å². The normalized spacial score (nSPS) is 10.9. The summed E-state index contributed by atoms with van der Waals surface area (Å²) in [6.07, 6.45) is 1.59. The second-order valence-corrected chi connectivity index (χ2v) is 7.93. The van der Waals surface area contributed by atoms with Gasteiger partial charge >= 0.3 is 5.63 Å². The number of benzene rings is 3. The Labute approximate surface area is 201 Å². The number of aliphatic imine (C=N–C) groups is 1. The monoisotopic (exact) mass is 466 g/mol. The van der Waals surface area contributed by atoms with Crippen LogP contribution in [0.2, 0.25) is 0 Å². The molecule has 0 radical (unpaired) electrons. The third-order valence-corrected chi connectivity index (χ3v) is 5.23. The number of hydrogen-bond acceptors (Lipinski definition) is 6. The average Bonchev–Trinajstić information content (AvgIpc) is 2.83. The van der Waals surface area contributed by atoms with Crippen molar-refractivity contribution in [1.82, 2.24) is 0 Å². The minimum atomic E-state index is -0.911. The van der Waals surface area contributed by atoms with Crippen molar-refractivity contribution in [2.24, 2.45) is 4.99 Å². The number of para-hydroxylation sites is 2. The van der Waals surface area contributed by atoms with Gasteiger partial charge in [0.2, 0.25) is 11.7 Å². The Morgan fingerprint density at radius 3 is 2.31 bits per heavy atom. The summed E-state index contributed by atoms with van der Waals surface area (Å²) in [5.74, 6) is -1.11. The Kier molecular flexibility index (Phi) is 6.69. The molecule has 0 atom stereocenters. The van der Waals surface area contributed by atoms with Crippen LogP contribution in [0.4, 0.5) is 11.4 Å². The Balaban J connectivity index is 1.56. The van der Waals surface area contributed by atoms with Crippen LogP contribution in [0.15, 0.2) is 93.1 Å². The summed E-state index contributed by atoms with van der Waals surface area (Å²) in [6.45, 7) is 3.35. The van der Waals surface area contributed by atoms with Crippen LogP contribution in [0.25, 0.3) is 11.3 Å². The predicted octanol–water partition coefficient (Wildman–Crippen LogP) is 5.26. The number of carbonyl (C=O) groups excluding carboxylic acids is 2. The number of hydrogen-bond donors (Lipinski definition) is 2. The van der Waals surface area contributed by atoms with Gasteiger partial charge in [0, 0.05) is 30.3 Å². The lowest BCUT2D eigenvalue weighted by atomic mass is 10.0. The SMILES string of the molecule is CC(=O)Nc1ccccc1N=Cc1ccc(C(=O)c2c(O)cc(-c3ccc(C)cc3)oc2=O)cc1. The topological polar surface area (TPSA) is 109 Å². The van der Waals surface area contributed by atoms with E-state index in [4.69, 9.17) is 4.42 Å². The molecule has 2 N–H and O–H groups in total. The van der Waals surface area contributed by atoms with Crippen molar-refractivity contribution in [2.45, 2.75) is 13.8 Å². The van der Waals surface area contributed by atoms with Gasteiger partial charge in [-0.1, -0.05) is 66.2 Å². The zero-order valence-electron chi connectivity index (χ0n) is 19.1. The Morgan fingerprint density at radius 2 is 1.66 bits per heavy atom. The first-order chi connectivity index (χ1) is 16.8. The summed E-state index contributed by atoms with van der Waals surface area (Å²) >= 11 is 0. The number of carbonyl (C=O) groups is 2. The number of aromatic hydroxyl groups is 1. The lowest BCUT2D eigenvalue weighted by Crippen LogP contribution is -2.15. The molecule has 174 valence electrons. The van der Waals surface area contributed by atoms with Gasteiger partial charge in [-0.05, 0) is 24.6 Å². The minimum absolute atomic E-state index is 0.176. The molecule has 4 aromatic rings. The maximum atomic E-state index is 12.9. The van der Waals surface area contributed by atoms with Gasteiger partial charge in [-0.25, -0.2) is 4.79 Å². The fourth-order valence-corrected chi connectivity index (χ4v) is 3.44. The average molecular weight is 466 g/mol. The largest absolute Gasteiger partial charge is 0.507 e. The van der Waals surface area contributed by atoms with E-state index in [0.29, 0.717) is 22.5 Å². The van der Waals surface area contributed by atoms with E-state index in [-0.39, 0.29) is 17.2 Å². The number of rotatable bonds is 6. The second-order valence-electron chi connectivity index (χ2n) is 7.93. The van der Waals surface area contributed by atoms with Crippen molar-refractivity contribution in [3.05, 3.63) is 112 Å². The maximum Gasteiger partial charge on any atom is 0.351 e. The van der Waals surface area contributed by atoms with Gasteiger partial charge in [-0.2, -0.15) is 0 Å². The fourth-order valence-electron chi connectivity index (χ4n) is 3.44. The molecule has 0 saturated carbocycles. The number of amides is 1. The molecule has 7 heteroatoms. The third kappa shape index (κ3) is 5.42. The van der Waals surface area contributed by atoms with Crippen LogP contribution >= 0.6 is 0 Å². The fraction of sp³-hybridized carbons (Fsp3) is 0.0714. The van der Waals surface area contributed by atoms with Crippen molar-refractivity contribution in [3.8, 4) is 17.1 Å². The molecule has 0 saturated heterocycles. The number of ketones is 1. The highest BCUT2D eigenvalue weighted by molar-refractivity contribution is 6.10. The first-order valence-electron chi connectivity index (χ1n) is 10.8. The van der Waals surface area contributed by atoms with E-state index in [2.05, 4.69) is 10.3 Å². The van der Waals surface area contributed by atoms with Crippen molar-refractivity contribution in [1.29, 1.82) is 0 Å². The zero-order valence-corrected chi connectivity index (χ0v) is 19.1. The summed E-state index contributed by atoms with van der Waals surface area (Å²) < 4.78 is 5.32. The number of aryl methyl sites for hydroxylation is 1. The predicted molar refractivity (Wildman–Crippen MR) is 135 cm³/mol. The Bertz CT molecular complexity index is 1480. The smallest absolute Gasteiger partial charge is 0.351 e. The molecule has 1 heterocycles. The van der Waals surface area contributed by atoms with E-state index in [1.54, 1.807) is 48.7 Å². The van der Waals surface area contributed by atoms with Crippen LogP contribution in [0, 0.1) is 6.92 Å². The Morgan fingerprint density at radius 1 is 0.971 bits per heavy atom. The molecule has 1 amide bonds. The molecule has 0 spiro atoms. The van der Waals surface area contributed by atoms with E-state index >= 15 is 0 Å². The van der Waals surface area contributed by atoms with Crippen LogP contribution in [-0.2, 0) is 4.79 Å². The first kappa shape index (κ1) is 23.4. The van der Waals surface area contributed by atoms with Crippen LogP contribution in [0.3, 0.4) is 0 Å². The molecule has 35 heavy (non-hydrogen) atoms. The molecular weight excluding hydrogens is 444 g/mol. The lowest BCUT2D eigenvalue weighted by Gasteiger charge is -2.07. The van der Waals surface area contributed by atoms with Crippen LogP contribution in [0.1, 0.15) is 34.0 Å². The molecule has 1 aromatic heterocycles. The van der Waals surface area contributed by atoms with Crippen molar-refractivity contribution in [2.75, 3.05) is 5.32 Å². The van der Waals surface area contributed by atoms with Gasteiger partial charge in [0.15, 0.2) is 0 Å². The Hall–Kier alpha value is -4.78. The molecule has 0 aliphatic rings. The van der Waals surface area contributed by atoms with Gasteiger partial charge in [-0.15, -0.1) is 0 Å². The number of anilines is 1. The van der Waals surface area contributed by atoms with Gasteiger partial charge in [0.05, 0.1) is 11.4 Å². The molecular formula is C28H22N2O5. The number of nitrogens with zero attached hydrogens (tertiary/aromatic N) is 1. The molecule has 0 unspecified atom stereocenters. The highest BCUT2D eigenvalue weighted by Crippen LogP contribution is 2.26. The van der Waals surface area contributed by atoms with E-state index in [9.17, 15) is 19.5 Å². The third-order valence-electron chi connectivity index (χ3n) is 5.23. The second kappa shape index (κ2) is 10.0.